The second-order valence-corrected chi connectivity index (χ2v) is 8.63. The van der Waals surface area contributed by atoms with Crippen LogP contribution in [0, 0.1) is 0 Å². The molecule has 0 spiro atoms. The quantitative estimate of drug-likeness (QED) is 0.518. The second kappa shape index (κ2) is 8.81. The maximum Gasteiger partial charge on any atom is 0.265 e. The van der Waals surface area contributed by atoms with Crippen molar-refractivity contribution in [2.45, 2.75) is 11.5 Å². The first-order valence-electron chi connectivity index (χ1n) is 8.07. The largest absolute Gasteiger partial charge is 0.495 e. The highest BCUT2D eigenvalue weighted by molar-refractivity contribution is 9.10. The molecule has 1 heterocycles. The number of sulfonamides is 1. The molecule has 2 aromatic carbocycles. The number of pyridine rings is 1. The van der Waals surface area contributed by atoms with Gasteiger partial charge in [-0.3, -0.25) is 9.71 Å². The summed E-state index contributed by atoms with van der Waals surface area (Å²) in [6, 6.07) is 14.9. The molecule has 0 aliphatic rings. The maximum atomic E-state index is 12.7. The van der Waals surface area contributed by atoms with Gasteiger partial charge in [0.05, 0.1) is 23.5 Å². The Bertz CT molecular complexity index is 1080. The molecule has 9 heteroatoms. The van der Waals surface area contributed by atoms with E-state index < -0.39 is 10.0 Å². The molecule has 146 valence electrons. The first-order valence-corrected chi connectivity index (χ1v) is 10.7. The predicted molar refractivity (Wildman–Crippen MR) is 112 cm³/mol. The highest BCUT2D eigenvalue weighted by atomic mass is 79.9. The van der Waals surface area contributed by atoms with Crippen LogP contribution < -0.4 is 14.2 Å². The summed E-state index contributed by atoms with van der Waals surface area (Å²) in [7, 11) is -2.47. The Morgan fingerprint density at radius 1 is 1.11 bits per heavy atom. The van der Waals surface area contributed by atoms with Crippen molar-refractivity contribution in [2.24, 2.45) is 0 Å². The molecule has 1 N–H and O–H groups in total. The van der Waals surface area contributed by atoms with Crippen LogP contribution in [0.5, 0.6) is 11.5 Å². The summed E-state index contributed by atoms with van der Waals surface area (Å²) in [5, 5.41) is 0.275. The third-order valence-corrected chi connectivity index (χ3v) is 5.89. The Morgan fingerprint density at radius 3 is 2.57 bits per heavy atom. The van der Waals surface area contributed by atoms with Crippen LogP contribution in [0.3, 0.4) is 0 Å². The Labute approximate surface area is 176 Å². The van der Waals surface area contributed by atoms with E-state index in [2.05, 4.69) is 25.6 Å². The molecule has 0 bridgehead atoms. The Morgan fingerprint density at radius 2 is 1.89 bits per heavy atom. The van der Waals surface area contributed by atoms with Crippen molar-refractivity contribution in [2.75, 3.05) is 11.8 Å². The predicted octanol–water partition coefficient (Wildman–Crippen LogP) is 4.89. The van der Waals surface area contributed by atoms with Gasteiger partial charge in [-0.1, -0.05) is 33.6 Å². The number of nitrogens with one attached hydrogen (secondary N) is 1. The van der Waals surface area contributed by atoms with Crippen LogP contribution >= 0.6 is 27.5 Å². The van der Waals surface area contributed by atoms with Gasteiger partial charge in [0.25, 0.3) is 10.0 Å². The summed E-state index contributed by atoms with van der Waals surface area (Å²) in [4.78, 5) is 4.18. The first-order chi connectivity index (χ1) is 13.4. The van der Waals surface area contributed by atoms with Crippen molar-refractivity contribution in [3.05, 3.63) is 76.0 Å². The van der Waals surface area contributed by atoms with Gasteiger partial charge >= 0.3 is 0 Å². The minimum Gasteiger partial charge on any atom is -0.495 e. The van der Waals surface area contributed by atoms with E-state index in [1.807, 2.05) is 18.2 Å². The molecule has 0 saturated heterocycles. The van der Waals surface area contributed by atoms with E-state index >= 15 is 0 Å². The van der Waals surface area contributed by atoms with E-state index in [9.17, 15) is 8.42 Å². The molecule has 0 fully saturated rings. The minimum atomic E-state index is -3.88. The van der Waals surface area contributed by atoms with Gasteiger partial charge in [-0.25, -0.2) is 8.42 Å². The molecule has 0 radical (unpaired) electrons. The summed E-state index contributed by atoms with van der Waals surface area (Å²) in [6.45, 7) is 0.251. The van der Waals surface area contributed by atoms with Crippen LogP contribution in [-0.4, -0.2) is 20.5 Å². The monoisotopic (exact) mass is 482 g/mol. The second-order valence-electron chi connectivity index (χ2n) is 5.66. The SMILES string of the molecule is COc1ccc(Br)cc1S(=O)(=O)Nc1ccc(OCc2ccccn2)c(Cl)c1. The van der Waals surface area contributed by atoms with Gasteiger partial charge in [0.2, 0.25) is 0 Å². The molecule has 1 aromatic heterocycles. The Kier molecular flexibility index (Phi) is 6.43. The van der Waals surface area contributed by atoms with E-state index in [1.54, 1.807) is 30.5 Å². The standard InChI is InChI=1S/C19H16BrClN2O4S/c1-26-18-7-5-13(20)10-19(18)28(24,25)23-14-6-8-17(16(21)11-14)27-12-15-4-2-3-9-22-15/h2-11,23H,12H2,1H3. The zero-order valence-electron chi connectivity index (χ0n) is 14.7. The number of hydrogen-bond donors (Lipinski definition) is 1. The number of rotatable bonds is 7. The van der Waals surface area contributed by atoms with Crippen molar-refractivity contribution >= 4 is 43.2 Å². The maximum absolute atomic E-state index is 12.7. The zero-order valence-corrected chi connectivity index (χ0v) is 17.9. The minimum absolute atomic E-state index is 0.0102. The van der Waals surface area contributed by atoms with Gasteiger partial charge in [0, 0.05) is 10.7 Å². The highest BCUT2D eigenvalue weighted by Crippen LogP contribution is 2.32. The van der Waals surface area contributed by atoms with E-state index in [4.69, 9.17) is 21.1 Å². The van der Waals surface area contributed by atoms with Crippen molar-refractivity contribution in [1.29, 1.82) is 0 Å². The molecule has 0 amide bonds. The molecular weight excluding hydrogens is 468 g/mol. The van der Waals surface area contributed by atoms with Crippen molar-refractivity contribution in [3.63, 3.8) is 0 Å². The molecule has 0 aliphatic carbocycles. The third kappa shape index (κ3) is 4.95. The van der Waals surface area contributed by atoms with E-state index in [-0.39, 0.29) is 22.3 Å². The van der Waals surface area contributed by atoms with Gasteiger partial charge in [-0.05, 0) is 48.5 Å². The fourth-order valence-electron chi connectivity index (χ4n) is 2.39. The smallest absolute Gasteiger partial charge is 0.265 e. The Hall–Kier alpha value is -2.29. The van der Waals surface area contributed by atoms with Crippen LogP contribution in [0.1, 0.15) is 5.69 Å². The fraction of sp³-hybridized carbons (Fsp3) is 0.105. The van der Waals surface area contributed by atoms with Crippen LogP contribution in [-0.2, 0) is 16.6 Å². The molecule has 0 saturated carbocycles. The lowest BCUT2D eigenvalue weighted by Gasteiger charge is -2.13. The number of aromatic nitrogens is 1. The summed E-state index contributed by atoms with van der Waals surface area (Å²) in [6.07, 6.45) is 1.67. The van der Waals surface area contributed by atoms with Crippen molar-refractivity contribution in [1.82, 2.24) is 4.98 Å². The van der Waals surface area contributed by atoms with E-state index in [0.717, 1.165) is 5.69 Å². The Balaban J connectivity index is 1.78. The van der Waals surface area contributed by atoms with Crippen LogP contribution in [0.4, 0.5) is 5.69 Å². The number of halogens is 2. The van der Waals surface area contributed by atoms with Crippen molar-refractivity contribution in [3.8, 4) is 11.5 Å². The number of hydrogen-bond acceptors (Lipinski definition) is 5. The first kappa shape index (κ1) is 20.4. The average molecular weight is 484 g/mol. The lowest BCUT2D eigenvalue weighted by Crippen LogP contribution is -2.14. The van der Waals surface area contributed by atoms with Crippen LogP contribution in [0.2, 0.25) is 5.02 Å². The molecule has 0 unspecified atom stereocenters. The number of anilines is 1. The summed E-state index contributed by atoms with van der Waals surface area (Å²) in [5.74, 6) is 0.660. The lowest BCUT2D eigenvalue weighted by molar-refractivity contribution is 0.301. The van der Waals surface area contributed by atoms with Gasteiger partial charge in [-0.15, -0.1) is 0 Å². The van der Waals surface area contributed by atoms with Crippen LogP contribution in [0.15, 0.2) is 70.2 Å². The molecule has 28 heavy (non-hydrogen) atoms. The molecule has 6 nitrogen and oxygen atoms in total. The fourth-order valence-corrected chi connectivity index (χ4v) is 4.38. The van der Waals surface area contributed by atoms with Gasteiger partial charge in [0.15, 0.2) is 0 Å². The van der Waals surface area contributed by atoms with Gasteiger partial charge < -0.3 is 9.47 Å². The molecular formula is C19H16BrClN2O4S. The van der Waals surface area contributed by atoms with E-state index in [0.29, 0.717) is 15.9 Å². The summed E-state index contributed by atoms with van der Waals surface area (Å²) < 4.78 is 39.4. The normalized spacial score (nSPS) is 11.1. The van der Waals surface area contributed by atoms with Crippen LogP contribution in [0.25, 0.3) is 0 Å². The summed E-state index contributed by atoms with van der Waals surface area (Å²) in [5.41, 5.74) is 1.06. The topological polar surface area (TPSA) is 77.5 Å². The summed E-state index contributed by atoms with van der Waals surface area (Å²) >= 11 is 9.51. The number of nitrogens with zero attached hydrogens (tertiary/aromatic N) is 1. The van der Waals surface area contributed by atoms with Gasteiger partial charge in [-0.2, -0.15) is 0 Å². The number of ether oxygens (including phenoxy) is 2. The van der Waals surface area contributed by atoms with E-state index in [1.165, 1.54) is 19.2 Å². The van der Waals surface area contributed by atoms with Gasteiger partial charge in [0.1, 0.15) is 23.0 Å². The number of methoxy groups -OCH3 is 1. The third-order valence-electron chi connectivity index (χ3n) is 3.70. The highest BCUT2D eigenvalue weighted by Gasteiger charge is 2.20. The molecule has 3 aromatic rings. The molecule has 0 aliphatic heterocycles. The lowest BCUT2D eigenvalue weighted by atomic mass is 10.3. The number of benzene rings is 2. The van der Waals surface area contributed by atoms with Crippen molar-refractivity contribution < 1.29 is 17.9 Å². The molecule has 0 atom stereocenters. The molecule has 3 rings (SSSR count). The average Bonchev–Trinajstić information content (AvgIpc) is 2.68. The zero-order chi connectivity index (χ0) is 20.1.